The number of carbonyl (C=O) groups excluding carboxylic acids is 3. The number of hydrogen-bond acceptors (Lipinski definition) is 4. The summed E-state index contributed by atoms with van der Waals surface area (Å²) in [7, 11) is 0. The number of likely N-dealkylation sites (tertiary alicyclic amines) is 1. The fraction of sp³-hybridized carbons (Fsp3) is 0.609. The number of carbonyl (C=O) groups is 3. The second-order valence-corrected chi connectivity index (χ2v) is 8.37. The first kappa shape index (κ1) is 22.1. The molecule has 2 aliphatic rings. The zero-order valence-corrected chi connectivity index (χ0v) is 18.1. The standard InChI is InChI=1S/C23H33N3O4/c1-18(2)26-17-19(16-22(26)28)23(29)25-12-7-11-24(13-14-25)21(27)10-6-15-30-20-8-4-3-5-9-20/h3-5,8-9,18-19H,6-7,10-17H2,1-2H3. The van der Waals surface area contributed by atoms with Gasteiger partial charge in [0.25, 0.3) is 0 Å². The number of benzene rings is 1. The highest BCUT2D eigenvalue weighted by molar-refractivity contribution is 5.89. The molecule has 0 spiro atoms. The highest BCUT2D eigenvalue weighted by Crippen LogP contribution is 2.23. The smallest absolute Gasteiger partial charge is 0.228 e. The van der Waals surface area contributed by atoms with E-state index in [-0.39, 0.29) is 29.7 Å². The summed E-state index contributed by atoms with van der Waals surface area (Å²) >= 11 is 0. The molecule has 30 heavy (non-hydrogen) atoms. The van der Waals surface area contributed by atoms with Crippen LogP contribution in [0.2, 0.25) is 0 Å². The molecule has 0 N–H and O–H groups in total. The molecule has 164 valence electrons. The van der Waals surface area contributed by atoms with Gasteiger partial charge < -0.3 is 19.4 Å². The first-order chi connectivity index (χ1) is 14.5. The molecule has 0 bridgehead atoms. The maximum Gasteiger partial charge on any atom is 0.228 e. The van der Waals surface area contributed by atoms with Crippen molar-refractivity contribution in [1.82, 2.24) is 14.7 Å². The van der Waals surface area contributed by atoms with Crippen LogP contribution in [-0.4, -0.2) is 77.8 Å². The molecular formula is C23H33N3O4. The van der Waals surface area contributed by atoms with Crippen LogP contribution in [0.5, 0.6) is 5.75 Å². The SMILES string of the molecule is CC(C)N1CC(C(=O)N2CCCN(C(=O)CCCOc3ccccc3)CC2)CC1=O. The Hall–Kier alpha value is -2.57. The van der Waals surface area contributed by atoms with Crippen molar-refractivity contribution in [3.05, 3.63) is 30.3 Å². The Labute approximate surface area is 179 Å². The van der Waals surface area contributed by atoms with Crippen molar-refractivity contribution in [2.24, 2.45) is 5.92 Å². The van der Waals surface area contributed by atoms with Gasteiger partial charge in [-0.1, -0.05) is 18.2 Å². The predicted molar refractivity (Wildman–Crippen MR) is 114 cm³/mol. The topological polar surface area (TPSA) is 70.2 Å². The van der Waals surface area contributed by atoms with Gasteiger partial charge in [0.1, 0.15) is 5.75 Å². The summed E-state index contributed by atoms with van der Waals surface area (Å²) in [5, 5.41) is 0. The monoisotopic (exact) mass is 415 g/mol. The Kier molecular flexibility index (Phi) is 7.71. The quantitative estimate of drug-likeness (QED) is 0.640. The van der Waals surface area contributed by atoms with E-state index in [1.807, 2.05) is 54.0 Å². The van der Waals surface area contributed by atoms with Gasteiger partial charge in [0.05, 0.1) is 12.5 Å². The van der Waals surface area contributed by atoms with E-state index >= 15 is 0 Å². The maximum absolute atomic E-state index is 12.9. The molecule has 7 nitrogen and oxygen atoms in total. The molecule has 2 saturated heterocycles. The van der Waals surface area contributed by atoms with E-state index < -0.39 is 0 Å². The lowest BCUT2D eigenvalue weighted by Crippen LogP contribution is -2.41. The highest BCUT2D eigenvalue weighted by Gasteiger charge is 2.37. The number of rotatable bonds is 7. The van der Waals surface area contributed by atoms with E-state index in [4.69, 9.17) is 4.74 Å². The lowest BCUT2D eigenvalue weighted by Gasteiger charge is -2.25. The molecule has 0 radical (unpaired) electrons. The molecule has 1 atom stereocenters. The zero-order valence-electron chi connectivity index (χ0n) is 18.1. The van der Waals surface area contributed by atoms with Crippen molar-refractivity contribution in [3.63, 3.8) is 0 Å². The molecule has 0 saturated carbocycles. The van der Waals surface area contributed by atoms with Gasteiger partial charge in [-0.15, -0.1) is 0 Å². The van der Waals surface area contributed by atoms with Crippen LogP contribution < -0.4 is 4.74 Å². The first-order valence-electron chi connectivity index (χ1n) is 11.0. The van der Waals surface area contributed by atoms with Crippen molar-refractivity contribution in [3.8, 4) is 5.75 Å². The third kappa shape index (κ3) is 5.74. The van der Waals surface area contributed by atoms with Gasteiger partial charge in [-0.25, -0.2) is 0 Å². The van der Waals surface area contributed by atoms with E-state index in [0.717, 1.165) is 12.2 Å². The molecule has 1 unspecified atom stereocenters. The van der Waals surface area contributed by atoms with Crippen molar-refractivity contribution >= 4 is 17.7 Å². The molecule has 2 fully saturated rings. The van der Waals surface area contributed by atoms with E-state index in [1.54, 1.807) is 4.90 Å². The number of nitrogens with zero attached hydrogens (tertiary/aromatic N) is 3. The second kappa shape index (κ2) is 10.5. The summed E-state index contributed by atoms with van der Waals surface area (Å²) in [6, 6.07) is 9.72. The number of ether oxygens (including phenoxy) is 1. The largest absolute Gasteiger partial charge is 0.494 e. The van der Waals surface area contributed by atoms with Gasteiger partial charge in [-0.2, -0.15) is 0 Å². The predicted octanol–water partition coefficient (Wildman–Crippen LogP) is 2.16. The van der Waals surface area contributed by atoms with Crippen molar-refractivity contribution < 1.29 is 19.1 Å². The van der Waals surface area contributed by atoms with Crippen LogP contribution in [0.3, 0.4) is 0 Å². The minimum atomic E-state index is -0.253. The van der Waals surface area contributed by atoms with E-state index in [1.165, 1.54) is 0 Å². The van der Waals surface area contributed by atoms with E-state index in [0.29, 0.717) is 58.6 Å². The second-order valence-electron chi connectivity index (χ2n) is 8.37. The normalized spacial score (nSPS) is 19.9. The van der Waals surface area contributed by atoms with E-state index in [2.05, 4.69) is 0 Å². The van der Waals surface area contributed by atoms with Gasteiger partial charge in [0.2, 0.25) is 17.7 Å². The summed E-state index contributed by atoms with van der Waals surface area (Å²) in [4.78, 5) is 43.1. The Morgan fingerprint density at radius 3 is 2.47 bits per heavy atom. The fourth-order valence-corrected chi connectivity index (χ4v) is 4.13. The summed E-state index contributed by atoms with van der Waals surface area (Å²) in [6.45, 7) is 7.38. The van der Waals surface area contributed by atoms with Crippen LogP contribution in [0.15, 0.2) is 30.3 Å². The average molecular weight is 416 g/mol. The minimum absolute atomic E-state index is 0.0528. The summed E-state index contributed by atoms with van der Waals surface area (Å²) in [5.41, 5.74) is 0. The number of amides is 3. The molecule has 1 aromatic carbocycles. The molecule has 2 heterocycles. The lowest BCUT2D eigenvalue weighted by molar-refractivity contribution is -0.136. The Bertz CT molecular complexity index is 737. The average Bonchev–Trinajstić information content (AvgIpc) is 2.97. The van der Waals surface area contributed by atoms with Crippen LogP contribution in [0, 0.1) is 5.92 Å². The molecule has 2 aliphatic heterocycles. The summed E-state index contributed by atoms with van der Waals surface area (Å²) < 4.78 is 5.65. The Morgan fingerprint density at radius 1 is 1.07 bits per heavy atom. The molecule has 0 aromatic heterocycles. The molecule has 3 amide bonds. The Morgan fingerprint density at radius 2 is 1.77 bits per heavy atom. The highest BCUT2D eigenvalue weighted by atomic mass is 16.5. The molecule has 0 aliphatic carbocycles. The Balaban J connectivity index is 1.41. The molecule has 3 rings (SSSR count). The molecular weight excluding hydrogens is 382 g/mol. The van der Waals surface area contributed by atoms with Crippen LogP contribution in [0.25, 0.3) is 0 Å². The van der Waals surface area contributed by atoms with Crippen molar-refractivity contribution in [2.75, 3.05) is 39.3 Å². The van der Waals surface area contributed by atoms with Gasteiger partial charge >= 0.3 is 0 Å². The number of hydrogen-bond donors (Lipinski definition) is 0. The summed E-state index contributed by atoms with van der Waals surface area (Å²) in [6.07, 6.45) is 2.19. The van der Waals surface area contributed by atoms with Crippen LogP contribution >= 0.6 is 0 Å². The first-order valence-corrected chi connectivity index (χ1v) is 11.0. The maximum atomic E-state index is 12.9. The van der Waals surface area contributed by atoms with Crippen LogP contribution in [0.4, 0.5) is 0 Å². The van der Waals surface area contributed by atoms with Crippen LogP contribution in [-0.2, 0) is 14.4 Å². The van der Waals surface area contributed by atoms with Gasteiger partial charge in [-0.3, -0.25) is 14.4 Å². The van der Waals surface area contributed by atoms with Crippen molar-refractivity contribution in [1.29, 1.82) is 0 Å². The zero-order chi connectivity index (χ0) is 21.5. The van der Waals surface area contributed by atoms with Crippen molar-refractivity contribution in [2.45, 2.75) is 45.6 Å². The summed E-state index contributed by atoms with van der Waals surface area (Å²) in [5.74, 6) is 0.792. The molecule has 1 aromatic rings. The number of para-hydroxylation sites is 1. The third-order valence-electron chi connectivity index (χ3n) is 5.84. The van der Waals surface area contributed by atoms with Gasteiger partial charge in [0.15, 0.2) is 0 Å². The fourth-order valence-electron chi connectivity index (χ4n) is 4.13. The van der Waals surface area contributed by atoms with Gasteiger partial charge in [-0.05, 0) is 38.8 Å². The lowest BCUT2D eigenvalue weighted by atomic mass is 10.1. The van der Waals surface area contributed by atoms with Crippen LogP contribution in [0.1, 0.15) is 39.5 Å². The molecule has 7 heteroatoms. The third-order valence-corrected chi connectivity index (χ3v) is 5.84. The van der Waals surface area contributed by atoms with E-state index in [9.17, 15) is 14.4 Å². The van der Waals surface area contributed by atoms with Gasteiger partial charge in [0, 0.05) is 51.6 Å². The minimum Gasteiger partial charge on any atom is -0.494 e.